The number of methoxy groups -OCH3 is 1. The van der Waals surface area contributed by atoms with Crippen molar-refractivity contribution in [1.29, 1.82) is 0 Å². The van der Waals surface area contributed by atoms with E-state index in [4.69, 9.17) is 32.9 Å². The number of halogens is 2. The van der Waals surface area contributed by atoms with Crippen molar-refractivity contribution in [2.45, 2.75) is 19.5 Å². The number of pyridine rings is 1. The summed E-state index contributed by atoms with van der Waals surface area (Å²) in [5, 5.41) is 7.27. The lowest BCUT2D eigenvalue weighted by molar-refractivity contribution is -0.0448. The number of likely N-dealkylation sites (N-methyl/N-ethyl adjacent to an activating group) is 1. The highest BCUT2D eigenvalue weighted by molar-refractivity contribution is 6.39. The van der Waals surface area contributed by atoms with Crippen molar-refractivity contribution in [1.82, 2.24) is 29.7 Å². The van der Waals surface area contributed by atoms with Crippen molar-refractivity contribution in [2.75, 3.05) is 52.2 Å². The molecule has 0 saturated carbocycles. The van der Waals surface area contributed by atoms with Gasteiger partial charge in [-0.25, -0.2) is 9.97 Å². The molecule has 0 radical (unpaired) electrons. The third kappa shape index (κ3) is 5.16. The first-order chi connectivity index (χ1) is 21.2. The standard InChI is InChI=1S/C33H35Cl2N7O2/c1-40-13-12-27-26(15-40)37-30(41(27)2)31(43)38-25-9-5-7-22(29(25)35)21-6-4-8-23(28(21)34)24-11-10-20(32(39-24)44-3)14-42-18-33(19-42)16-36-17-33/h4-11,36H,12-19H2,1-3H3,(H,38,43). The van der Waals surface area contributed by atoms with Gasteiger partial charge in [0.25, 0.3) is 5.91 Å². The molecular formula is C33H35Cl2N7O2. The van der Waals surface area contributed by atoms with Crippen molar-refractivity contribution in [3.8, 4) is 28.3 Å². The number of aromatic nitrogens is 3. The fourth-order valence-electron chi connectivity index (χ4n) is 6.69. The Kier molecular flexibility index (Phi) is 7.63. The van der Waals surface area contributed by atoms with E-state index in [0.717, 1.165) is 80.3 Å². The van der Waals surface area contributed by atoms with E-state index in [9.17, 15) is 4.79 Å². The van der Waals surface area contributed by atoms with E-state index in [1.807, 2.05) is 48.0 Å². The Hall–Kier alpha value is -3.47. The minimum atomic E-state index is -0.308. The van der Waals surface area contributed by atoms with E-state index in [0.29, 0.717) is 44.1 Å². The molecule has 44 heavy (non-hydrogen) atoms. The molecule has 2 fully saturated rings. The van der Waals surface area contributed by atoms with Gasteiger partial charge in [0.1, 0.15) is 0 Å². The number of ether oxygens (including phenoxy) is 1. The number of imidazole rings is 1. The number of hydrogen-bond donors (Lipinski definition) is 2. The average molecular weight is 633 g/mol. The average Bonchev–Trinajstić information content (AvgIpc) is 3.30. The summed E-state index contributed by atoms with van der Waals surface area (Å²) in [6.07, 6.45) is 0.855. The van der Waals surface area contributed by atoms with Crippen molar-refractivity contribution < 1.29 is 9.53 Å². The molecule has 0 unspecified atom stereocenters. The van der Waals surface area contributed by atoms with Gasteiger partial charge in [0.2, 0.25) is 5.88 Å². The predicted octanol–water partition coefficient (Wildman–Crippen LogP) is 5.11. The number of fused-ring (bicyclic) bond motifs is 1. The summed E-state index contributed by atoms with van der Waals surface area (Å²) in [6.45, 7) is 6.87. The molecule has 3 aliphatic rings. The maximum Gasteiger partial charge on any atom is 0.291 e. The molecule has 5 heterocycles. The van der Waals surface area contributed by atoms with Crippen molar-refractivity contribution >= 4 is 34.8 Å². The number of rotatable bonds is 7. The number of anilines is 1. The quantitative estimate of drug-likeness (QED) is 0.293. The van der Waals surface area contributed by atoms with Gasteiger partial charge in [-0.1, -0.05) is 59.6 Å². The molecule has 3 aliphatic heterocycles. The lowest BCUT2D eigenvalue weighted by atomic mass is 9.74. The van der Waals surface area contributed by atoms with Crippen LogP contribution in [0.25, 0.3) is 22.4 Å². The molecule has 0 aliphatic carbocycles. The Labute approximate surface area is 267 Å². The van der Waals surface area contributed by atoms with Crippen molar-refractivity contribution in [3.63, 3.8) is 0 Å². The van der Waals surface area contributed by atoms with Crippen LogP contribution in [0.3, 0.4) is 0 Å². The molecule has 0 atom stereocenters. The maximum absolute atomic E-state index is 13.3. The van der Waals surface area contributed by atoms with Gasteiger partial charge >= 0.3 is 0 Å². The second kappa shape index (κ2) is 11.5. The number of nitrogens with one attached hydrogen (secondary N) is 2. The van der Waals surface area contributed by atoms with Crippen LogP contribution in [-0.2, 0) is 26.6 Å². The molecule has 2 aromatic carbocycles. The molecule has 1 spiro atoms. The van der Waals surface area contributed by atoms with E-state index in [2.05, 4.69) is 38.5 Å². The monoisotopic (exact) mass is 631 g/mol. The summed E-state index contributed by atoms with van der Waals surface area (Å²) >= 11 is 14.0. The summed E-state index contributed by atoms with van der Waals surface area (Å²) in [7, 11) is 5.59. The Balaban J connectivity index is 1.13. The topological polar surface area (TPSA) is 87.5 Å². The van der Waals surface area contributed by atoms with Gasteiger partial charge in [0.15, 0.2) is 5.82 Å². The normalized spacial score (nSPS) is 17.6. The number of nitrogens with zero attached hydrogens (tertiary/aromatic N) is 5. The van der Waals surface area contributed by atoms with Crippen molar-refractivity contribution in [3.05, 3.63) is 81.4 Å². The summed E-state index contributed by atoms with van der Waals surface area (Å²) in [5.74, 6) is 0.656. The highest BCUT2D eigenvalue weighted by atomic mass is 35.5. The number of hydrogen-bond acceptors (Lipinski definition) is 7. The zero-order valence-electron chi connectivity index (χ0n) is 25.1. The number of carbonyl (C=O) groups excluding carboxylic acids is 1. The fraction of sp³-hybridized carbons (Fsp3) is 0.364. The van der Waals surface area contributed by atoms with Gasteiger partial charge in [-0.2, -0.15) is 0 Å². The minimum Gasteiger partial charge on any atom is -0.481 e. The molecule has 2 N–H and O–H groups in total. The van der Waals surface area contributed by atoms with Gasteiger partial charge in [-0.05, 0) is 19.2 Å². The van der Waals surface area contributed by atoms with E-state index in [-0.39, 0.29) is 5.91 Å². The van der Waals surface area contributed by atoms with Gasteiger partial charge in [0, 0.05) is 92.6 Å². The van der Waals surface area contributed by atoms with E-state index >= 15 is 0 Å². The third-order valence-corrected chi connectivity index (χ3v) is 9.92. The predicted molar refractivity (Wildman–Crippen MR) is 173 cm³/mol. The van der Waals surface area contributed by atoms with Gasteiger partial charge < -0.3 is 24.8 Å². The van der Waals surface area contributed by atoms with Crippen LogP contribution in [0.2, 0.25) is 10.0 Å². The van der Waals surface area contributed by atoms with Crippen molar-refractivity contribution in [2.24, 2.45) is 12.5 Å². The van der Waals surface area contributed by atoms with Crippen LogP contribution >= 0.6 is 23.2 Å². The molecule has 9 nitrogen and oxygen atoms in total. The summed E-state index contributed by atoms with van der Waals surface area (Å²) < 4.78 is 7.59. The first kappa shape index (κ1) is 29.3. The molecule has 7 rings (SSSR count). The Morgan fingerprint density at radius 1 is 1.00 bits per heavy atom. The van der Waals surface area contributed by atoms with Crippen LogP contribution < -0.4 is 15.4 Å². The molecule has 228 valence electrons. The number of benzene rings is 2. The number of likely N-dealkylation sites (tertiary alicyclic amines) is 1. The van der Waals surface area contributed by atoms with Crippen LogP contribution in [-0.4, -0.2) is 77.1 Å². The Bertz CT molecular complexity index is 1760. The minimum absolute atomic E-state index is 0.308. The number of amides is 1. The second-order valence-corrected chi connectivity index (χ2v) is 13.0. The first-order valence-electron chi connectivity index (χ1n) is 14.8. The van der Waals surface area contributed by atoms with Crippen LogP contribution in [0, 0.1) is 5.41 Å². The molecule has 2 aromatic heterocycles. The molecule has 2 saturated heterocycles. The van der Waals surface area contributed by atoms with Crippen LogP contribution in [0.15, 0.2) is 48.5 Å². The van der Waals surface area contributed by atoms with E-state index in [1.54, 1.807) is 13.2 Å². The summed E-state index contributed by atoms with van der Waals surface area (Å²) in [5.41, 5.74) is 6.97. The van der Waals surface area contributed by atoms with E-state index in [1.165, 1.54) is 0 Å². The molecule has 0 bridgehead atoms. The molecule has 11 heteroatoms. The van der Waals surface area contributed by atoms with Gasteiger partial charge in [-0.15, -0.1) is 0 Å². The largest absolute Gasteiger partial charge is 0.481 e. The molecule has 1 amide bonds. The molecular weight excluding hydrogens is 597 g/mol. The van der Waals surface area contributed by atoms with Crippen LogP contribution in [0.4, 0.5) is 5.69 Å². The maximum atomic E-state index is 13.3. The third-order valence-electron chi connectivity index (χ3n) is 9.11. The van der Waals surface area contributed by atoms with Gasteiger partial charge in [-0.3, -0.25) is 9.69 Å². The Morgan fingerprint density at radius 2 is 1.73 bits per heavy atom. The highest BCUT2D eigenvalue weighted by Gasteiger charge is 2.47. The zero-order valence-corrected chi connectivity index (χ0v) is 26.6. The smallest absolute Gasteiger partial charge is 0.291 e. The van der Waals surface area contributed by atoms with Crippen LogP contribution in [0.1, 0.15) is 27.6 Å². The SMILES string of the molecule is COc1nc(-c2cccc(-c3cccc(NC(=O)c4nc5c(n4C)CCN(C)C5)c3Cl)c2Cl)ccc1CN1CC2(CNC2)C1. The highest BCUT2D eigenvalue weighted by Crippen LogP contribution is 2.42. The van der Waals surface area contributed by atoms with E-state index < -0.39 is 0 Å². The lowest BCUT2D eigenvalue weighted by Gasteiger charge is -2.56. The zero-order chi connectivity index (χ0) is 30.6. The van der Waals surface area contributed by atoms with Crippen LogP contribution in [0.5, 0.6) is 5.88 Å². The first-order valence-corrected chi connectivity index (χ1v) is 15.6. The van der Waals surface area contributed by atoms with Gasteiger partial charge in [0.05, 0.1) is 34.2 Å². The summed E-state index contributed by atoms with van der Waals surface area (Å²) in [4.78, 5) is 27.5. The Morgan fingerprint density at radius 3 is 2.45 bits per heavy atom. The second-order valence-electron chi connectivity index (χ2n) is 12.3. The lowest BCUT2D eigenvalue weighted by Crippen LogP contribution is -2.70. The number of carbonyl (C=O) groups is 1. The fourth-order valence-corrected chi connectivity index (χ4v) is 7.29. The molecule has 4 aromatic rings. The summed E-state index contributed by atoms with van der Waals surface area (Å²) in [6, 6.07) is 15.4.